The highest BCUT2D eigenvalue weighted by atomic mass is 127. The van der Waals surface area contributed by atoms with Gasteiger partial charge in [0.1, 0.15) is 11.5 Å². The van der Waals surface area contributed by atoms with Crippen LogP contribution in [0.1, 0.15) is 176 Å². The van der Waals surface area contributed by atoms with Crippen molar-refractivity contribution in [2.24, 2.45) is 46.3 Å². The lowest BCUT2D eigenvalue weighted by molar-refractivity contribution is -0.284. The molecule has 7 aliphatic rings. The maximum atomic E-state index is 13.2. The van der Waals surface area contributed by atoms with Crippen LogP contribution in [0.5, 0.6) is 11.5 Å². The van der Waals surface area contributed by atoms with Crippen molar-refractivity contribution in [2.75, 3.05) is 23.0 Å². The number of aromatic hydroxyl groups is 1. The van der Waals surface area contributed by atoms with Crippen LogP contribution in [0.2, 0.25) is 0 Å². The van der Waals surface area contributed by atoms with E-state index in [1.165, 1.54) is 11.1 Å². The fourth-order valence-electron chi connectivity index (χ4n) is 15.4. The van der Waals surface area contributed by atoms with E-state index in [1.807, 2.05) is 24.3 Å². The Balaban J connectivity index is 0.000000244. The van der Waals surface area contributed by atoms with Gasteiger partial charge in [0.2, 0.25) is 0 Å². The van der Waals surface area contributed by atoms with E-state index in [-0.39, 0.29) is 125 Å². The first kappa shape index (κ1) is 70.7. The monoisotopic (exact) mass is 1370 g/mol. The van der Waals surface area contributed by atoms with Crippen molar-refractivity contribution in [1.29, 1.82) is 0 Å². The van der Waals surface area contributed by atoms with Gasteiger partial charge >= 0.3 is 48.1 Å². The van der Waals surface area contributed by atoms with Gasteiger partial charge in [-0.05, 0) is 207 Å². The number of aliphatic carboxylic acids is 1. The van der Waals surface area contributed by atoms with Gasteiger partial charge in [0.25, 0.3) is 0 Å². The van der Waals surface area contributed by atoms with Gasteiger partial charge in [-0.2, -0.15) is 43.9 Å². The second-order valence-corrected chi connectivity index (χ2v) is 28.2. The normalized spacial score (nSPS) is 30.2. The fraction of sp³-hybridized carbons (Fsp3) is 0.733. The molecule has 5 fully saturated rings. The van der Waals surface area contributed by atoms with Gasteiger partial charge in [-0.1, -0.05) is 26.0 Å². The molecule has 85 heavy (non-hydrogen) atoms. The summed E-state index contributed by atoms with van der Waals surface area (Å²) in [5.74, 6) is -8.98. The molecule has 1 aliphatic heterocycles. The number of phenolic OH excluding ortho intramolecular Hbond substituents is 1. The van der Waals surface area contributed by atoms with Gasteiger partial charge < -0.3 is 29.9 Å². The third kappa shape index (κ3) is 17.1. The first-order valence-electron chi connectivity index (χ1n) is 29.3. The second-order valence-electron chi connectivity index (χ2n) is 24.8. The average molecular weight is 1370 g/mol. The van der Waals surface area contributed by atoms with E-state index in [4.69, 9.17) is 9.84 Å². The summed E-state index contributed by atoms with van der Waals surface area (Å²) in [6, 6.07) is 11.1. The minimum atomic E-state index is -5.61. The Bertz CT molecular complexity index is 2700. The summed E-state index contributed by atoms with van der Waals surface area (Å²) in [5.41, 5.74) is 4.32. The minimum Gasteiger partial charge on any atom is -0.508 e. The van der Waals surface area contributed by atoms with Crippen LogP contribution in [0, 0.1) is 46.3 Å². The number of carboxylic acids is 1. The van der Waals surface area contributed by atoms with Crippen molar-refractivity contribution in [3.63, 3.8) is 0 Å². The number of cyclic esters (lactones) is 2. The van der Waals surface area contributed by atoms with E-state index in [9.17, 15) is 86.8 Å². The predicted molar refractivity (Wildman–Crippen MR) is 306 cm³/mol. The van der Waals surface area contributed by atoms with E-state index in [2.05, 4.69) is 18.6 Å². The maximum Gasteiger partial charge on any atom is 0.453 e. The molecule has 0 spiro atoms. The number of carbonyl (C=O) groups is 4. The summed E-state index contributed by atoms with van der Waals surface area (Å²) < 4.78 is 161. The molecule has 0 radical (unpaired) electrons. The molecule has 12 nitrogen and oxygen atoms in total. The van der Waals surface area contributed by atoms with Crippen LogP contribution in [0.15, 0.2) is 36.4 Å². The Morgan fingerprint density at radius 2 is 1.05 bits per heavy atom. The third-order valence-electron chi connectivity index (χ3n) is 19.6. The second kappa shape index (κ2) is 29.0. The molecule has 1 saturated heterocycles. The molecule has 6 aliphatic carbocycles. The van der Waals surface area contributed by atoms with Crippen molar-refractivity contribution >= 4 is 69.5 Å². The van der Waals surface area contributed by atoms with Crippen LogP contribution < -0.4 is 4.74 Å². The number of carbonyl (C=O) groups excluding carboxylic acids is 3. The number of halogens is 11. The number of carboxylic acid groups (broad SMARTS) is 1. The van der Waals surface area contributed by atoms with Crippen molar-refractivity contribution < 1.29 is 101 Å². The predicted octanol–water partition coefficient (Wildman–Crippen LogP) is 13.2. The summed E-state index contributed by atoms with van der Waals surface area (Å²) in [7, 11) is -2.96. The summed E-state index contributed by atoms with van der Waals surface area (Å²) in [5, 5.41) is 40.4. The Hall–Kier alpha value is -3.43. The van der Waals surface area contributed by atoms with E-state index in [1.54, 1.807) is 12.1 Å². The fourth-order valence-corrected chi connectivity index (χ4v) is 17.7. The first-order chi connectivity index (χ1) is 39.2. The zero-order valence-electron chi connectivity index (χ0n) is 47.7. The van der Waals surface area contributed by atoms with E-state index in [0.29, 0.717) is 55.1 Å². The lowest BCUT2D eigenvalue weighted by Crippen LogP contribution is -2.47. The number of benzene rings is 2. The highest BCUT2D eigenvalue weighted by molar-refractivity contribution is 14.0. The van der Waals surface area contributed by atoms with Crippen molar-refractivity contribution in [3.8, 4) is 11.5 Å². The van der Waals surface area contributed by atoms with Crippen LogP contribution in [-0.4, -0.2) is 112 Å². The SMILES string of the molecule is C[C@]12CC[C@@H]3c4ccc(O)cc4C[C@@H](CCCS(=O)CCCC(F)(F)C(F)(F)F)[C@H]3[C@@H]1CC[C@@H]2O.C[C@]12CC[C@@H]3c4ccc(OC(=O)CCC(=O)O)cc4C[C@@H](CCCS(=O)CCCC(F)(F)C(F)(F)F)[C@H]3[C@@H]1CC[C@@H]2O.I.O=C1CCC(=O)O1. The van der Waals surface area contributed by atoms with Crippen molar-refractivity contribution in [3.05, 3.63) is 58.7 Å². The lowest BCUT2D eigenvalue weighted by Gasteiger charge is -2.53. The van der Waals surface area contributed by atoms with Gasteiger partial charge in [0, 0.05) is 57.5 Å². The number of aliphatic hydroxyl groups is 2. The number of fused-ring (bicyclic) bond motifs is 10. The first-order valence-corrected chi connectivity index (χ1v) is 32.3. The zero-order chi connectivity index (χ0) is 61.7. The number of hydrogen-bond acceptors (Lipinski definition) is 11. The van der Waals surface area contributed by atoms with Crippen molar-refractivity contribution in [2.45, 2.75) is 203 Å². The molecule has 1 heterocycles. The molecule has 4 saturated carbocycles. The topological polar surface area (TPSA) is 202 Å². The molecule has 25 heteroatoms. The van der Waals surface area contributed by atoms with Gasteiger partial charge in [-0.15, -0.1) is 24.0 Å². The Morgan fingerprint density at radius 3 is 1.46 bits per heavy atom. The molecule has 0 aromatic heterocycles. The number of esters is 3. The molecule has 2 aromatic carbocycles. The number of alkyl halides is 10. The number of ether oxygens (including phenoxy) is 2. The summed E-state index contributed by atoms with van der Waals surface area (Å²) >= 11 is 0. The maximum absolute atomic E-state index is 13.2. The quantitative estimate of drug-likeness (QED) is 0.0322. The standard InChI is InChI=1S/C30H39F5O6S.C26H35F5O3S.C4H4O3.HI/c1-28-13-11-22-21-6-5-20(41-26(39)10-9-25(37)38)17-19(21)16-18(27(22)23(28)7-8-24(28)36)4-2-14-42(40)15-3-12-29(31,32)30(33,34)35;1-24-11-9-20-19-6-5-18(32)15-17(19)14-16(23(20)21(24)7-8-22(24)33)4-2-12-35(34)13-3-10-25(27,28)26(29,30)31;5-3-1-2-4(6)7-3;/h5-6,17-18,22-24,27,36H,2-4,7-16H2,1H3,(H,37,38);5-6,15-16,20-23,32-33H,2-4,7-14H2,1H3;1-2H2;1H/t18-,22-,23+,24+,27-,28+,42?;16-,20-,21+,22+,23-,24+,35?;;/m11../s1. The van der Waals surface area contributed by atoms with E-state index < -0.39 is 95.4 Å². The molecule has 4 N–H and O–H groups in total. The molecular formula is C60H79F10IO12S2. The van der Waals surface area contributed by atoms with Gasteiger partial charge in [-0.3, -0.25) is 27.6 Å². The Labute approximate surface area is 511 Å². The number of phenols is 1. The Morgan fingerprint density at radius 1 is 0.624 bits per heavy atom. The van der Waals surface area contributed by atoms with E-state index in [0.717, 1.165) is 75.3 Å². The molecule has 14 atom stereocenters. The summed E-state index contributed by atoms with van der Waals surface area (Å²) in [6.45, 7) is 4.35. The van der Waals surface area contributed by atoms with Crippen LogP contribution >= 0.6 is 24.0 Å². The highest BCUT2D eigenvalue weighted by Crippen LogP contribution is 2.64. The van der Waals surface area contributed by atoms with Crippen LogP contribution in [0.3, 0.4) is 0 Å². The molecule has 0 amide bonds. The lowest BCUT2D eigenvalue weighted by atomic mass is 9.52. The molecule has 9 rings (SSSR count). The number of hydrogen-bond donors (Lipinski definition) is 4. The smallest absolute Gasteiger partial charge is 0.453 e. The number of rotatable bonds is 20. The Kier molecular flexibility index (Phi) is 24.1. The summed E-state index contributed by atoms with van der Waals surface area (Å²) in [6.07, 6.45) is -4.35. The molecular weight excluding hydrogens is 1290 g/mol. The molecule has 0 bridgehead atoms. The van der Waals surface area contributed by atoms with Gasteiger partial charge in [0.15, 0.2) is 0 Å². The van der Waals surface area contributed by atoms with Crippen LogP contribution in [0.25, 0.3) is 0 Å². The van der Waals surface area contributed by atoms with E-state index >= 15 is 0 Å². The van der Waals surface area contributed by atoms with Crippen molar-refractivity contribution in [1.82, 2.24) is 0 Å². The van der Waals surface area contributed by atoms with Crippen LogP contribution in [-0.2, 0) is 58.4 Å². The van der Waals surface area contributed by atoms with Crippen LogP contribution in [0.4, 0.5) is 43.9 Å². The zero-order valence-corrected chi connectivity index (χ0v) is 51.6. The molecule has 480 valence electrons. The highest BCUT2D eigenvalue weighted by Gasteiger charge is 2.60. The minimum absolute atomic E-state index is 0. The average Bonchev–Trinajstić information content (AvgIpc) is 1.78. The van der Waals surface area contributed by atoms with Gasteiger partial charge in [0.05, 0.1) is 37.9 Å². The third-order valence-corrected chi connectivity index (χ3v) is 22.6. The summed E-state index contributed by atoms with van der Waals surface area (Å²) in [4.78, 5) is 42.9. The molecule has 2 aromatic rings. The van der Waals surface area contributed by atoms with Gasteiger partial charge in [-0.25, -0.2) is 0 Å². The largest absolute Gasteiger partial charge is 0.508 e. The molecule has 2 unspecified atom stereocenters. The number of aliphatic hydroxyl groups excluding tert-OH is 2.